The minimum atomic E-state index is 0.250. The third-order valence-corrected chi connectivity index (χ3v) is 4.21. The van der Waals surface area contributed by atoms with E-state index in [2.05, 4.69) is 43.2 Å². The Morgan fingerprint density at radius 2 is 1.94 bits per heavy atom. The van der Waals surface area contributed by atoms with E-state index in [1.165, 1.54) is 26.4 Å². The zero-order valence-electron chi connectivity index (χ0n) is 10.7. The van der Waals surface area contributed by atoms with Crippen molar-refractivity contribution in [3.8, 4) is 0 Å². The molecule has 0 radical (unpaired) electrons. The number of aromatic nitrogens is 1. The van der Waals surface area contributed by atoms with Gasteiger partial charge < -0.3 is 5.32 Å². The molecule has 2 heterocycles. The Bertz CT molecular complexity index is 497. The van der Waals surface area contributed by atoms with E-state index in [1.807, 2.05) is 30.8 Å². The molecule has 0 amide bonds. The van der Waals surface area contributed by atoms with Crippen molar-refractivity contribution in [1.29, 1.82) is 0 Å². The van der Waals surface area contributed by atoms with Gasteiger partial charge in [0, 0.05) is 22.1 Å². The minimum Gasteiger partial charge on any atom is -0.309 e. The number of hydrogen-bond acceptors (Lipinski definition) is 3. The number of pyridine rings is 1. The molecule has 1 N–H and O–H groups in total. The smallest absolute Gasteiger partial charge is 0.0683 e. The molecule has 3 heteroatoms. The van der Waals surface area contributed by atoms with Gasteiger partial charge in [0.1, 0.15) is 0 Å². The quantitative estimate of drug-likeness (QED) is 0.898. The maximum Gasteiger partial charge on any atom is 0.0683 e. The van der Waals surface area contributed by atoms with Crippen LogP contribution in [0.25, 0.3) is 0 Å². The lowest BCUT2D eigenvalue weighted by Crippen LogP contribution is -2.16. The third kappa shape index (κ3) is 2.56. The van der Waals surface area contributed by atoms with Crippen molar-refractivity contribution < 1.29 is 0 Å². The molecule has 0 aliphatic rings. The van der Waals surface area contributed by atoms with Gasteiger partial charge in [0.05, 0.1) is 6.04 Å². The van der Waals surface area contributed by atoms with Crippen LogP contribution in [0.15, 0.2) is 24.5 Å². The Morgan fingerprint density at radius 1 is 1.18 bits per heavy atom. The molecule has 0 aliphatic carbocycles. The van der Waals surface area contributed by atoms with Gasteiger partial charge in [0.2, 0.25) is 0 Å². The van der Waals surface area contributed by atoms with E-state index >= 15 is 0 Å². The fraction of sp³-hybridized carbons (Fsp3) is 0.357. The molecule has 0 saturated heterocycles. The van der Waals surface area contributed by atoms with Crippen LogP contribution in [0.4, 0.5) is 0 Å². The first-order valence-electron chi connectivity index (χ1n) is 5.77. The Labute approximate surface area is 107 Å². The van der Waals surface area contributed by atoms with Gasteiger partial charge in [0.25, 0.3) is 0 Å². The van der Waals surface area contributed by atoms with Gasteiger partial charge in [-0.3, -0.25) is 4.98 Å². The van der Waals surface area contributed by atoms with Crippen LogP contribution >= 0.6 is 11.3 Å². The summed E-state index contributed by atoms with van der Waals surface area (Å²) in [5.74, 6) is 0. The monoisotopic (exact) mass is 246 g/mol. The molecule has 2 nitrogen and oxygen atoms in total. The van der Waals surface area contributed by atoms with Crippen LogP contribution in [-0.4, -0.2) is 12.0 Å². The third-order valence-electron chi connectivity index (χ3n) is 2.99. The Balaban J connectivity index is 2.39. The van der Waals surface area contributed by atoms with Crippen LogP contribution in [0.1, 0.15) is 32.5 Å². The van der Waals surface area contributed by atoms with Gasteiger partial charge in [-0.15, -0.1) is 11.3 Å². The SMILES string of the molecule is CNC(c1cncc(C)c1)c1cc(C)c(C)s1. The summed E-state index contributed by atoms with van der Waals surface area (Å²) in [6.07, 6.45) is 3.83. The molecule has 0 aliphatic heterocycles. The summed E-state index contributed by atoms with van der Waals surface area (Å²) in [5, 5.41) is 3.37. The van der Waals surface area contributed by atoms with Crippen molar-refractivity contribution in [2.75, 3.05) is 7.05 Å². The van der Waals surface area contributed by atoms with Crippen molar-refractivity contribution in [3.05, 3.63) is 51.0 Å². The van der Waals surface area contributed by atoms with Gasteiger partial charge in [-0.1, -0.05) is 6.07 Å². The molecule has 1 unspecified atom stereocenters. The molecule has 2 aromatic rings. The summed E-state index contributed by atoms with van der Waals surface area (Å²) >= 11 is 1.86. The predicted octanol–water partition coefficient (Wildman–Crippen LogP) is 3.38. The summed E-state index contributed by atoms with van der Waals surface area (Å²) in [6.45, 7) is 6.41. The van der Waals surface area contributed by atoms with E-state index in [0.717, 1.165) is 0 Å². The van der Waals surface area contributed by atoms with Crippen LogP contribution in [0.3, 0.4) is 0 Å². The van der Waals surface area contributed by atoms with Gasteiger partial charge in [0.15, 0.2) is 0 Å². The van der Waals surface area contributed by atoms with E-state index in [4.69, 9.17) is 0 Å². The summed E-state index contributed by atoms with van der Waals surface area (Å²) in [7, 11) is 2.00. The number of aryl methyl sites for hydroxylation is 3. The molecular formula is C14H18N2S. The number of hydrogen-bond donors (Lipinski definition) is 1. The number of nitrogens with one attached hydrogen (secondary N) is 1. The Morgan fingerprint density at radius 3 is 2.47 bits per heavy atom. The summed E-state index contributed by atoms with van der Waals surface area (Å²) in [4.78, 5) is 7.02. The van der Waals surface area contributed by atoms with Gasteiger partial charge in [-0.2, -0.15) is 0 Å². The maximum absolute atomic E-state index is 4.27. The maximum atomic E-state index is 4.27. The van der Waals surface area contributed by atoms with Crippen molar-refractivity contribution >= 4 is 11.3 Å². The summed E-state index contributed by atoms with van der Waals surface area (Å²) in [5.41, 5.74) is 3.80. The predicted molar refractivity (Wildman–Crippen MR) is 73.7 cm³/mol. The van der Waals surface area contributed by atoms with Crippen LogP contribution in [-0.2, 0) is 0 Å². The van der Waals surface area contributed by atoms with E-state index in [-0.39, 0.29) is 6.04 Å². The van der Waals surface area contributed by atoms with Crippen LogP contribution in [0.2, 0.25) is 0 Å². The van der Waals surface area contributed by atoms with E-state index in [9.17, 15) is 0 Å². The summed E-state index contributed by atoms with van der Waals surface area (Å²) < 4.78 is 0. The normalized spacial score (nSPS) is 12.7. The first-order chi connectivity index (χ1) is 8.11. The molecule has 0 saturated carbocycles. The van der Waals surface area contributed by atoms with Crippen molar-refractivity contribution in [3.63, 3.8) is 0 Å². The van der Waals surface area contributed by atoms with Gasteiger partial charge in [-0.05, 0) is 50.6 Å². The fourth-order valence-electron chi connectivity index (χ4n) is 1.95. The summed E-state index contributed by atoms with van der Waals surface area (Å²) in [6, 6.07) is 4.71. The molecule has 0 aromatic carbocycles. The van der Waals surface area contributed by atoms with Gasteiger partial charge >= 0.3 is 0 Å². The topological polar surface area (TPSA) is 24.9 Å². The molecule has 0 spiro atoms. The van der Waals surface area contributed by atoms with Crippen molar-refractivity contribution in [2.24, 2.45) is 0 Å². The second-order valence-corrected chi connectivity index (χ2v) is 5.69. The highest BCUT2D eigenvalue weighted by atomic mass is 32.1. The van der Waals surface area contributed by atoms with E-state index in [0.29, 0.717) is 0 Å². The molecule has 1 atom stereocenters. The van der Waals surface area contributed by atoms with Crippen molar-refractivity contribution in [2.45, 2.75) is 26.8 Å². The molecule has 0 fully saturated rings. The highest BCUT2D eigenvalue weighted by molar-refractivity contribution is 7.12. The van der Waals surface area contributed by atoms with E-state index < -0.39 is 0 Å². The fourth-order valence-corrected chi connectivity index (χ4v) is 3.13. The van der Waals surface area contributed by atoms with Crippen LogP contribution < -0.4 is 5.32 Å². The highest BCUT2D eigenvalue weighted by Crippen LogP contribution is 2.30. The molecule has 17 heavy (non-hydrogen) atoms. The van der Waals surface area contributed by atoms with Crippen LogP contribution in [0.5, 0.6) is 0 Å². The zero-order valence-corrected chi connectivity index (χ0v) is 11.6. The van der Waals surface area contributed by atoms with Crippen LogP contribution in [0, 0.1) is 20.8 Å². The largest absolute Gasteiger partial charge is 0.309 e. The minimum absolute atomic E-state index is 0.250. The Kier molecular flexibility index (Phi) is 3.60. The standard InChI is InChI=1S/C14H18N2S/c1-9-5-12(8-16-7-9)14(15-4)13-6-10(2)11(3)17-13/h5-8,14-15H,1-4H3. The first kappa shape index (κ1) is 12.3. The lowest BCUT2D eigenvalue weighted by Gasteiger charge is -2.15. The lowest BCUT2D eigenvalue weighted by atomic mass is 10.1. The molecule has 2 aromatic heterocycles. The highest BCUT2D eigenvalue weighted by Gasteiger charge is 2.15. The van der Waals surface area contributed by atoms with Gasteiger partial charge in [-0.25, -0.2) is 0 Å². The first-order valence-corrected chi connectivity index (χ1v) is 6.59. The second-order valence-electron chi connectivity index (χ2n) is 4.41. The average Bonchev–Trinajstić information content (AvgIpc) is 2.60. The number of rotatable bonds is 3. The zero-order chi connectivity index (χ0) is 12.4. The Hall–Kier alpha value is -1.19. The number of thiophene rings is 1. The average molecular weight is 246 g/mol. The lowest BCUT2D eigenvalue weighted by molar-refractivity contribution is 0.699. The number of nitrogens with zero attached hydrogens (tertiary/aromatic N) is 1. The van der Waals surface area contributed by atoms with Crippen molar-refractivity contribution in [1.82, 2.24) is 10.3 Å². The molecule has 0 bridgehead atoms. The van der Waals surface area contributed by atoms with E-state index in [1.54, 1.807) is 0 Å². The molecular weight excluding hydrogens is 228 g/mol. The second kappa shape index (κ2) is 4.98. The molecule has 2 rings (SSSR count). The molecule has 90 valence electrons.